The molecule has 1 atom stereocenters. The fourth-order valence-corrected chi connectivity index (χ4v) is 4.86. The molecular weight excluding hydrogens is 406 g/mol. The summed E-state index contributed by atoms with van der Waals surface area (Å²) >= 11 is 0. The Morgan fingerprint density at radius 2 is 2.03 bits per heavy atom. The van der Waals surface area contributed by atoms with Crippen LogP contribution in [0.3, 0.4) is 0 Å². The maximum atomic E-state index is 12.0. The van der Waals surface area contributed by atoms with Gasteiger partial charge in [0.15, 0.2) is 6.23 Å². The zero-order chi connectivity index (χ0) is 21.3. The van der Waals surface area contributed by atoms with Gasteiger partial charge in [-0.3, -0.25) is 9.80 Å². The highest BCUT2D eigenvalue weighted by atomic mass is 32.2. The van der Waals surface area contributed by atoms with Gasteiger partial charge in [-0.05, 0) is 50.6 Å². The zero-order valence-electron chi connectivity index (χ0n) is 17.4. The Balaban J connectivity index is 1.53. The predicted octanol–water partition coefficient (Wildman–Crippen LogP) is 0.986. The van der Waals surface area contributed by atoms with Crippen LogP contribution in [0.15, 0.2) is 27.0 Å². The highest BCUT2D eigenvalue weighted by molar-refractivity contribution is 7.89. The van der Waals surface area contributed by atoms with E-state index < -0.39 is 16.4 Å². The summed E-state index contributed by atoms with van der Waals surface area (Å²) in [5.41, 5.74) is 7.91. The largest absolute Gasteiger partial charge is 0.466 e. The van der Waals surface area contributed by atoms with Gasteiger partial charge in [-0.25, -0.2) is 0 Å². The molecule has 11 heteroatoms. The van der Waals surface area contributed by atoms with Crippen molar-refractivity contribution in [2.75, 3.05) is 38.5 Å². The first-order chi connectivity index (χ1) is 14.4. The molecule has 164 valence electrons. The molecule has 3 aliphatic rings. The van der Waals surface area contributed by atoms with Crippen molar-refractivity contribution in [2.45, 2.75) is 39.0 Å². The van der Waals surface area contributed by atoms with Gasteiger partial charge >= 0.3 is 10.2 Å². The van der Waals surface area contributed by atoms with Crippen LogP contribution >= 0.6 is 0 Å². The van der Waals surface area contributed by atoms with E-state index in [-0.39, 0.29) is 11.9 Å². The van der Waals surface area contributed by atoms with Gasteiger partial charge < -0.3 is 20.7 Å². The number of hydrogen-bond acceptors (Lipinski definition) is 8. The summed E-state index contributed by atoms with van der Waals surface area (Å²) in [6.45, 7) is 6.05. The van der Waals surface area contributed by atoms with Gasteiger partial charge in [-0.2, -0.15) is 8.42 Å². The summed E-state index contributed by atoms with van der Waals surface area (Å²) in [6.07, 6.45) is 3.38. The summed E-state index contributed by atoms with van der Waals surface area (Å²) in [5, 5.41) is 3.38. The number of nitrogens with one attached hydrogen (secondary N) is 1. The van der Waals surface area contributed by atoms with Gasteiger partial charge in [0.25, 0.3) is 0 Å². The molecule has 0 spiro atoms. The maximum absolute atomic E-state index is 12.0. The molecule has 1 aromatic rings. The van der Waals surface area contributed by atoms with E-state index >= 15 is 0 Å². The number of ether oxygens (including phenoxy) is 1. The number of anilines is 1. The first-order valence-electron chi connectivity index (χ1n) is 10.3. The van der Waals surface area contributed by atoms with Gasteiger partial charge in [0.05, 0.1) is 12.2 Å². The molecule has 10 nitrogen and oxygen atoms in total. The molecular formula is C19H29N7O3S. The van der Waals surface area contributed by atoms with E-state index in [4.69, 9.17) is 10.5 Å². The molecule has 0 aromatic heterocycles. The van der Waals surface area contributed by atoms with E-state index in [1.807, 2.05) is 13.0 Å². The number of fused-ring (bicyclic) bond motifs is 1. The molecule has 0 radical (unpaired) electrons. The van der Waals surface area contributed by atoms with Crippen molar-refractivity contribution in [1.29, 1.82) is 0 Å². The first-order valence-corrected chi connectivity index (χ1v) is 11.7. The van der Waals surface area contributed by atoms with Crippen LogP contribution in [0.2, 0.25) is 0 Å². The lowest BCUT2D eigenvalue weighted by Gasteiger charge is -2.39. The molecule has 3 heterocycles. The second-order valence-corrected chi connectivity index (χ2v) is 9.02. The lowest BCUT2D eigenvalue weighted by molar-refractivity contribution is 0.0802. The Hall–Kier alpha value is -2.53. The van der Waals surface area contributed by atoms with Crippen LogP contribution in [-0.2, 0) is 16.8 Å². The Labute approximate surface area is 177 Å². The molecule has 0 saturated carbocycles. The summed E-state index contributed by atoms with van der Waals surface area (Å²) in [4.78, 5) is 5.69. The average molecular weight is 436 g/mol. The number of piperidine rings is 1. The molecule has 1 saturated heterocycles. The van der Waals surface area contributed by atoms with E-state index in [0.717, 1.165) is 31.1 Å². The monoisotopic (exact) mass is 435 g/mol. The van der Waals surface area contributed by atoms with Crippen LogP contribution in [0.1, 0.15) is 31.7 Å². The third-order valence-electron chi connectivity index (χ3n) is 5.63. The van der Waals surface area contributed by atoms with Gasteiger partial charge in [0.1, 0.15) is 5.75 Å². The minimum absolute atomic E-state index is 0.119. The lowest BCUT2D eigenvalue weighted by Crippen LogP contribution is -2.57. The number of likely N-dealkylation sites (N-methyl/N-ethyl adjacent to an activating group) is 1. The highest BCUT2D eigenvalue weighted by Crippen LogP contribution is 2.32. The minimum atomic E-state index is -4.01. The standard InChI is InChI=1S/C19H29N7O3S/c1-3-26(19-23-30(27,28)22-18(20)24(19)2)17-12-21-15-8-7-14(11-16(15)29-17)13-25-9-5-4-6-10-25/h7-8,11,17,21H,3-6,9-10,12-13H2,1-2H3,(H2,20,22). The number of rotatable bonds is 4. The minimum Gasteiger partial charge on any atom is -0.466 e. The number of likely N-dealkylation sites (tertiary alicyclic amines) is 1. The van der Waals surface area contributed by atoms with E-state index in [1.165, 1.54) is 29.7 Å². The van der Waals surface area contributed by atoms with Crippen molar-refractivity contribution >= 4 is 27.8 Å². The normalized spacial score (nSPS) is 23.5. The van der Waals surface area contributed by atoms with E-state index in [9.17, 15) is 8.42 Å². The SMILES string of the molecule is CCN(C1=NS(=O)(=O)N=C(N)N1C)C1CNc2ccc(CN3CCCCC3)cc2O1. The Morgan fingerprint density at radius 3 is 2.77 bits per heavy atom. The second kappa shape index (κ2) is 8.31. The molecule has 3 N–H and O–H groups in total. The number of nitrogens with two attached hydrogens (primary N) is 1. The summed E-state index contributed by atoms with van der Waals surface area (Å²) in [5.74, 6) is 0.832. The van der Waals surface area contributed by atoms with Crippen LogP contribution in [0.25, 0.3) is 0 Å². The fraction of sp³-hybridized carbons (Fsp3) is 0.579. The predicted molar refractivity (Wildman–Crippen MR) is 117 cm³/mol. The molecule has 3 aliphatic heterocycles. The Bertz CT molecular complexity index is 957. The number of nitrogens with zero attached hydrogens (tertiary/aromatic N) is 5. The van der Waals surface area contributed by atoms with E-state index in [0.29, 0.717) is 13.1 Å². The van der Waals surface area contributed by atoms with E-state index in [2.05, 4.69) is 31.1 Å². The van der Waals surface area contributed by atoms with Crippen molar-refractivity contribution in [3.05, 3.63) is 23.8 Å². The van der Waals surface area contributed by atoms with Crippen molar-refractivity contribution < 1.29 is 13.2 Å². The first kappa shape index (κ1) is 20.7. The Kier molecular flexibility index (Phi) is 5.74. The third kappa shape index (κ3) is 4.31. The van der Waals surface area contributed by atoms with Gasteiger partial charge in [-0.1, -0.05) is 12.5 Å². The van der Waals surface area contributed by atoms with Crippen molar-refractivity contribution in [1.82, 2.24) is 14.7 Å². The van der Waals surface area contributed by atoms with Crippen LogP contribution in [0.4, 0.5) is 5.69 Å². The van der Waals surface area contributed by atoms with Crippen LogP contribution in [0, 0.1) is 0 Å². The molecule has 4 rings (SSSR count). The summed E-state index contributed by atoms with van der Waals surface area (Å²) < 4.78 is 37.5. The maximum Gasteiger partial charge on any atom is 0.369 e. The molecule has 1 unspecified atom stereocenters. The van der Waals surface area contributed by atoms with Crippen molar-refractivity contribution in [3.63, 3.8) is 0 Å². The summed E-state index contributed by atoms with van der Waals surface area (Å²) in [6, 6.07) is 6.24. The van der Waals surface area contributed by atoms with Gasteiger partial charge in [0, 0.05) is 20.1 Å². The smallest absolute Gasteiger partial charge is 0.369 e. The molecule has 30 heavy (non-hydrogen) atoms. The number of guanidine groups is 2. The van der Waals surface area contributed by atoms with E-state index in [1.54, 1.807) is 11.9 Å². The number of benzene rings is 1. The average Bonchev–Trinajstić information content (AvgIpc) is 2.72. The molecule has 1 fully saturated rings. The van der Waals surface area contributed by atoms with Crippen LogP contribution < -0.4 is 15.8 Å². The van der Waals surface area contributed by atoms with Crippen molar-refractivity contribution in [3.8, 4) is 5.75 Å². The lowest BCUT2D eigenvalue weighted by atomic mass is 10.1. The van der Waals surface area contributed by atoms with Gasteiger partial charge in [-0.15, -0.1) is 8.80 Å². The van der Waals surface area contributed by atoms with Crippen LogP contribution in [-0.4, -0.2) is 74.5 Å². The topological polar surface area (TPSA) is 116 Å². The third-order valence-corrected chi connectivity index (χ3v) is 6.44. The molecule has 0 aliphatic carbocycles. The molecule has 0 amide bonds. The van der Waals surface area contributed by atoms with Crippen molar-refractivity contribution in [2.24, 2.45) is 14.5 Å². The zero-order valence-corrected chi connectivity index (χ0v) is 18.2. The van der Waals surface area contributed by atoms with Gasteiger partial charge in [0.2, 0.25) is 11.9 Å². The second-order valence-electron chi connectivity index (χ2n) is 7.75. The highest BCUT2D eigenvalue weighted by Gasteiger charge is 2.33. The van der Waals surface area contributed by atoms with Crippen LogP contribution in [0.5, 0.6) is 5.75 Å². The fourth-order valence-electron chi connectivity index (χ4n) is 4.03. The molecule has 0 bridgehead atoms. The summed E-state index contributed by atoms with van der Waals surface area (Å²) in [7, 11) is -2.37. The quantitative estimate of drug-likeness (QED) is 0.719. The Morgan fingerprint density at radius 1 is 1.27 bits per heavy atom. The number of hydrogen-bond donors (Lipinski definition) is 2. The molecule has 1 aromatic carbocycles.